The molecule has 1 amide bonds. The molecule has 0 radical (unpaired) electrons. The average Bonchev–Trinajstić information content (AvgIpc) is 2.71. The van der Waals surface area contributed by atoms with E-state index in [0.717, 1.165) is 16.4 Å². The number of hydroxylamine groups is 1. The van der Waals surface area contributed by atoms with E-state index in [1.807, 2.05) is 0 Å². The average molecular weight is 465 g/mol. The lowest BCUT2D eigenvalue weighted by molar-refractivity contribution is -0.387. The van der Waals surface area contributed by atoms with Crippen molar-refractivity contribution in [2.75, 3.05) is 0 Å². The lowest BCUT2D eigenvalue weighted by atomic mass is 10.0. The van der Waals surface area contributed by atoms with E-state index >= 15 is 0 Å². The number of pyridine rings is 1. The van der Waals surface area contributed by atoms with E-state index in [9.17, 15) is 23.3 Å². The van der Waals surface area contributed by atoms with Crippen molar-refractivity contribution >= 4 is 21.6 Å². The van der Waals surface area contributed by atoms with Crippen molar-refractivity contribution in [1.29, 1.82) is 0 Å². The Kier molecular flexibility index (Phi) is 8.05. The fourth-order valence-corrected chi connectivity index (χ4v) is 4.85. The molecule has 1 heterocycles. The number of rotatable bonds is 9. The first kappa shape index (κ1) is 25.4. The molecular formula is C21H28N4O6S. The Hall–Kier alpha value is -2.89. The Bertz CT molecular complexity index is 1050. The van der Waals surface area contributed by atoms with Gasteiger partial charge in [-0.1, -0.05) is 32.0 Å². The maximum atomic E-state index is 13.7. The summed E-state index contributed by atoms with van der Waals surface area (Å²) in [6, 6.07) is 7.14. The van der Waals surface area contributed by atoms with E-state index in [4.69, 9.17) is 4.84 Å². The van der Waals surface area contributed by atoms with Crippen LogP contribution in [0.25, 0.3) is 0 Å². The van der Waals surface area contributed by atoms with Crippen molar-refractivity contribution < 1.29 is 23.0 Å². The minimum atomic E-state index is -4.47. The van der Waals surface area contributed by atoms with E-state index < -0.39 is 49.0 Å². The van der Waals surface area contributed by atoms with Gasteiger partial charge in [0.25, 0.3) is 21.6 Å². The zero-order chi connectivity index (χ0) is 24.1. The van der Waals surface area contributed by atoms with Gasteiger partial charge in [0.05, 0.1) is 10.5 Å². The van der Waals surface area contributed by atoms with Crippen molar-refractivity contribution in [3.05, 3.63) is 64.5 Å². The first-order chi connectivity index (χ1) is 14.8. The SMILES string of the molecule is CC(C)[C@H](C(=O)NOC(C)(C)C)N(Cc1cccnc1)S(=O)(=O)c1ccccc1[N+](=O)[O-]. The molecule has 0 fully saturated rings. The predicted molar refractivity (Wildman–Crippen MR) is 118 cm³/mol. The predicted octanol–water partition coefficient (Wildman–Crippen LogP) is 3.05. The monoisotopic (exact) mass is 464 g/mol. The lowest BCUT2D eigenvalue weighted by Gasteiger charge is -2.33. The van der Waals surface area contributed by atoms with Gasteiger partial charge in [-0.05, 0) is 44.4 Å². The first-order valence-electron chi connectivity index (χ1n) is 9.96. The molecule has 0 aliphatic heterocycles. The van der Waals surface area contributed by atoms with Crippen LogP contribution in [0.4, 0.5) is 5.69 Å². The number of para-hydroxylation sites is 1. The molecule has 174 valence electrons. The number of carbonyl (C=O) groups excluding carboxylic acids is 1. The molecule has 0 aliphatic carbocycles. The summed E-state index contributed by atoms with van der Waals surface area (Å²) in [5.41, 5.74) is 1.58. The quantitative estimate of drug-likeness (QED) is 0.445. The molecule has 1 aromatic heterocycles. The molecule has 1 aromatic carbocycles. The van der Waals surface area contributed by atoms with Crippen LogP contribution in [-0.4, -0.2) is 40.2 Å². The van der Waals surface area contributed by atoms with Gasteiger partial charge in [-0.15, -0.1) is 0 Å². The van der Waals surface area contributed by atoms with Crippen LogP contribution >= 0.6 is 0 Å². The summed E-state index contributed by atoms with van der Waals surface area (Å²) in [6.07, 6.45) is 3.01. The van der Waals surface area contributed by atoms with Crippen LogP contribution in [0.1, 0.15) is 40.2 Å². The van der Waals surface area contributed by atoms with Crippen LogP contribution in [0.2, 0.25) is 0 Å². The van der Waals surface area contributed by atoms with E-state index in [2.05, 4.69) is 10.5 Å². The number of sulfonamides is 1. The minimum Gasteiger partial charge on any atom is -0.271 e. The summed E-state index contributed by atoms with van der Waals surface area (Å²) >= 11 is 0. The standard InChI is InChI=1S/C21H28N4O6S/c1-15(2)19(20(26)23-31-21(3,4)5)24(14-16-9-8-12-22-13-16)32(29,30)18-11-7-6-10-17(18)25(27)28/h6-13,15,19H,14H2,1-5H3,(H,23,26)/t19-/m1/s1. The van der Waals surface area contributed by atoms with Crippen LogP contribution in [-0.2, 0) is 26.2 Å². The minimum absolute atomic E-state index is 0.214. The summed E-state index contributed by atoms with van der Waals surface area (Å²) in [5, 5.41) is 11.5. The Morgan fingerprint density at radius 2 is 1.88 bits per heavy atom. The summed E-state index contributed by atoms with van der Waals surface area (Å²) in [4.78, 5) is 32.7. The molecule has 2 aromatic rings. The molecule has 1 atom stereocenters. The van der Waals surface area contributed by atoms with Crippen LogP contribution < -0.4 is 5.48 Å². The number of hydrogen-bond donors (Lipinski definition) is 1. The molecule has 2 rings (SSSR count). The maximum absolute atomic E-state index is 13.7. The number of nitrogens with zero attached hydrogens (tertiary/aromatic N) is 3. The summed E-state index contributed by atoms with van der Waals surface area (Å²) in [7, 11) is -4.47. The number of nitro benzene ring substituents is 1. The fourth-order valence-electron chi connectivity index (χ4n) is 2.99. The van der Waals surface area contributed by atoms with E-state index in [1.54, 1.807) is 46.8 Å². The number of benzene rings is 1. The van der Waals surface area contributed by atoms with E-state index in [0.29, 0.717) is 5.56 Å². The highest BCUT2D eigenvalue weighted by Crippen LogP contribution is 2.30. The van der Waals surface area contributed by atoms with Gasteiger partial charge < -0.3 is 0 Å². The molecule has 0 aliphatic rings. The van der Waals surface area contributed by atoms with Gasteiger partial charge in [-0.3, -0.25) is 24.7 Å². The normalized spacial score (nSPS) is 13.2. The molecule has 0 spiro atoms. The molecule has 10 nitrogen and oxygen atoms in total. The van der Waals surface area contributed by atoms with Crippen molar-refractivity contribution in [2.24, 2.45) is 5.92 Å². The zero-order valence-corrected chi connectivity index (χ0v) is 19.5. The van der Waals surface area contributed by atoms with Crippen LogP contribution in [0.15, 0.2) is 53.7 Å². The molecule has 32 heavy (non-hydrogen) atoms. The Morgan fingerprint density at radius 3 is 2.41 bits per heavy atom. The van der Waals surface area contributed by atoms with Gasteiger partial charge in [0.1, 0.15) is 6.04 Å². The van der Waals surface area contributed by atoms with Crippen molar-refractivity contribution in [3.8, 4) is 0 Å². The highest BCUT2D eigenvalue weighted by atomic mass is 32.2. The maximum Gasteiger partial charge on any atom is 0.289 e. The topological polar surface area (TPSA) is 132 Å². The van der Waals surface area contributed by atoms with Gasteiger partial charge in [-0.2, -0.15) is 4.31 Å². The first-order valence-corrected chi connectivity index (χ1v) is 11.4. The highest BCUT2D eigenvalue weighted by Gasteiger charge is 2.41. The third-order valence-electron chi connectivity index (χ3n) is 4.38. The van der Waals surface area contributed by atoms with Gasteiger partial charge in [0.2, 0.25) is 0 Å². The molecule has 0 saturated carbocycles. The molecule has 0 saturated heterocycles. The Balaban J connectivity index is 2.60. The number of carbonyl (C=O) groups is 1. The molecule has 0 unspecified atom stereocenters. The molecule has 1 N–H and O–H groups in total. The lowest BCUT2D eigenvalue weighted by Crippen LogP contribution is -2.52. The summed E-state index contributed by atoms with van der Waals surface area (Å²) in [5.74, 6) is -1.16. The molecule has 11 heteroatoms. The third kappa shape index (κ3) is 6.31. The number of nitro groups is 1. The van der Waals surface area contributed by atoms with Gasteiger partial charge in [-0.25, -0.2) is 13.9 Å². The van der Waals surface area contributed by atoms with E-state index in [-0.39, 0.29) is 6.54 Å². The molecular weight excluding hydrogens is 436 g/mol. The zero-order valence-electron chi connectivity index (χ0n) is 18.7. The molecule has 0 bridgehead atoms. The number of aromatic nitrogens is 1. The van der Waals surface area contributed by atoms with Gasteiger partial charge >= 0.3 is 0 Å². The second kappa shape index (κ2) is 10.2. The second-order valence-electron chi connectivity index (χ2n) is 8.51. The van der Waals surface area contributed by atoms with Crippen LogP contribution in [0, 0.1) is 16.0 Å². The van der Waals surface area contributed by atoms with E-state index in [1.165, 1.54) is 24.5 Å². The highest BCUT2D eigenvalue weighted by molar-refractivity contribution is 7.89. The number of nitrogens with one attached hydrogen (secondary N) is 1. The Morgan fingerprint density at radius 1 is 1.22 bits per heavy atom. The fraction of sp³-hybridized carbons (Fsp3) is 0.429. The summed E-state index contributed by atoms with van der Waals surface area (Å²) in [6.45, 7) is 8.35. The largest absolute Gasteiger partial charge is 0.289 e. The second-order valence-corrected chi connectivity index (χ2v) is 10.4. The van der Waals surface area contributed by atoms with Crippen LogP contribution in [0.3, 0.4) is 0 Å². The Labute approximate surface area is 187 Å². The van der Waals surface area contributed by atoms with Crippen molar-refractivity contribution in [2.45, 2.75) is 57.7 Å². The van der Waals surface area contributed by atoms with Crippen molar-refractivity contribution in [1.82, 2.24) is 14.8 Å². The van der Waals surface area contributed by atoms with Gasteiger partial charge in [0.15, 0.2) is 4.90 Å². The number of amides is 1. The van der Waals surface area contributed by atoms with Gasteiger partial charge in [0, 0.05) is 25.0 Å². The smallest absolute Gasteiger partial charge is 0.271 e. The summed E-state index contributed by atoms with van der Waals surface area (Å²) < 4.78 is 28.3. The van der Waals surface area contributed by atoms with Crippen molar-refractivity contribution in [3.63, 3.8) is 0 Å². The number of hydrogen-bond acceptors (Lipinski definition) is 7. The van der Waals surface area contributed by atoms with Crippen LogP contribution in [0.5, 0.6) is 0 Å². The third-order valence-corrected chi connectivity index (χ3v) is 6.25.